The maximum Gasteiger partial charge on any atom is 0.126 e. The van der Waals surface area contributed by atoms with Crippen LogP contribution in [-0.2, 0) is 6.42 Å². The van der Waals surface area contributed by atoms with E-state index in [0.29, 0.717) is 6.42 Å². The van der Waals surface area contributed by atoms with Crippen LogP contribution in [0.3, 0.4) is 0 Å². The summed E-state index contributed by atoms with van der Waals surface area (Å²) in [6.07, 6.45) is 4.28. The summed E-state index contributed by atoms with van der Waals surface area (Å²) >= 11 is 0. The third-order valence-corrected chi connectivity index (χ3v) is 3.27. The van der Waals surface area contributed by atoms with Crippen LogP contribution in [0.1, 0.15) is 29.7 Å². The van der Waals surface area contributed by atoms with Gasteiger partial charge in [0.25, 0.3) is 0 Å². The number of aryl methyl sites for hydroxylation is 1. The number of halogens is 1. The Bertz CT molecular complexity index is 540. The highest BCUT2D eigenvalue weighted by Crippen LogP contribution is 2.22. The lowest BCUT2D eigenvalue weighted by molar-refractivity contribution is 0.525. The molecule has 1 unspecified atom stereocenters. The van der Waals surface area contributed by atoms with Crippen molar-refractivity contribution in [3.63, 3.8) is 0 Å². The summed E-state index contributed by atoms with van der Waals surface area (Å²) in [5.74, 6) is -0.142. The van der Waals surface area contributed by atoms with Gasteiger partial charge in [0.2, 0.25) is 0 Å². The maximum absolute atomic E-state index is 13.8. The molecule has 1 aromatic carbocycles. The van der Waals surface area contributed by atoms with Gasteiger partial charge in [0.05, 0.1) is 0 Å². The number of hydrogen-bond donors (Lipinski definition) is 1. The lowest BCUT2D eigenvalue weighted by Gasteiger charge is -2.20. The van der Waals surface area contributed by atoms with Crippen LogP contribution in [0.4, 0.5) is 4.39 Å². The molecule has 1 heterocycles. The minimum absolute atomic E-state index is 0.116. The molecule has 0 saturated carbocycles. The average molecular weight is 258 g/mol. The first-order chi connectivity index (χ1) is 9.22. The van der Waals surface area contributed by atoms with Gasteiger partial charge in [-0.3, -0.25) is 4.98 Å². The van der Waals surface area contributed by atoms with Crippen molar-refractivity contribution < 1.29 is 4.39 Å². The first-order valence-corrected chi connectivity index (χ1v) is 6.59. The monoisotopic (exact) mass is 258 g/mol. The Morgan fingerprint density at radius 2 is 2.05 bits per heavy atom. The number of nitrogens with one attached hydrogen (secondary N) is 1. The van der Waals surface area contributed by atoms with Crippen molar-refractivity contribution in [1.82, 2.24) is 10.3 Å². The van der Waals surface area contributed by atoms with E-state index in [2.05, 4.69) is 17.2 Å². The smallest absolute Gasteiger partial charge is 0.126 e. The number of hydrogen-bond acceptors (Lipinski definition) is 2. The third-order valence-electron chi connectivity index (χ3n) is 3.27. The number of likely N-dealkylation sites (N-methyl/N-ethyl adjacent to an activating group) is 1. The van der Waals surface area contributed by atoms with E-state index >= 15 is 0 Å². The fraction of sp³-hybridized carbons (Fsp3) is 0.312. The van der Waals surface area contributed by atoms with E-state index in [1.165, 1.54) is 11.6 Å². The molecule has 19 heavy (non-hydrogen) atoms. The molecule has 100 valence electrons. The van der Waals surface area contributed by atoms with Gasteiger partial charge in [0, 0.05) is 18.4 Å². The fourth-order valence-corrected chi connectivity index (χ4v) is 2.30. The molecule has 0 aliphatic heterocycles. The average Bonchev–Trinajstić information content (AvgIpc) is 2.41. The predicted molar refractivity (Wildman–Crippen MR) is 75.5 cm³/mol. The van der Waals surface area contributed by atoms with Crippen LogP contribution in [0, 0.1) is 12.7 Å². The van der Waals surface area contributed by atoms with Crippen LogP contribution in [0.5, 0.6) is 0 Å². The second kappa shape index (κ2) is 6.43. The van der Waals surface area contributed by atoms with Gasteiger partial charge in [-0.05, 0) is 48.7 Å². The molecular weight excluding hydrogens is 239 g/mol. The minimum atomic E-state index is -0.142. The van der Waals surface area contributed by atoms with E-state index in [0.717, 1.165) is 17.7 Å². The second-order valence-corrected chi connectivity index (χ2v) is 4.64. The highest BCUT2D eigenvalue weighted by Gasteiger charge is 2.15. The highest BCUT2D eigenvalue weighted by molar-refractivity contribution is 5.28. The van der Waals surface area contributed by atoms with E-state index < -0.39 is 0 Å². The maximum atomic E-state index is 13.8. The quantitative estimate of drug-likeness (QED) is 0.888. The van der Waals surface area contributed by atoms with E-state index in [1.54, 1.807) is 12.3 Å². The first kappa shape index (κ1) is 13.7. The molecule has 2 rings (SSSR count). The van der Waals surface area contributed by atoms with Crippen molar-refractivity contribution in [2.24, 2.45) is 0 Å². The van der Waals surface area contributed by atoms with E-state index in [1.807, 2.05) is 31.3 Å². The van der Waals surface area contributed by atoms with Crippen LogP contribution in [-0.4, -0.2) is 11.5 Å². The molecule has 2 nitrogen and oxygen atoms in total. The van der Waals surface area contributed by atoms with Crippen LogP contribution in [0.15, 0.2) is 42.7 Å². The summed E-state index contributed by atoms with van der Waals surface area (Å²) in [6, 6.07) is 9.07. The molecule has 0 radical (unpaired) electrons. The van der Waals surface area contributed by atoms with Gasteiger partial charge in [-0.1, -0.05) is 25.1 Å². The van der Waals surface area contributed by atoms with Crippen LogP contribution < -0.4 is 5.32 Å². The van der Waals surface area contributed by atoms with Gasteiger partial charge in [0.1, 0.15) is 5.82 Å². The number of nitrogens with zero attached hydrogens (tertiary/aromatic N) is 1. The number of aromatic nitrogens is 1. The van der Waals surface area contributed by atoms with Crippen molar-refractivity contribution in [3.05, 3.63) is 65.2 Å². The molecule has 2 aromatic rings. The van der Waals surface area contributed by atoms with Gasteiger partial charge in [0.15, 0.2) is 0 Å². The van der Waals surface area contributed by atoms with Crippen LogP contribution in [0.25, 0.3) is 0 Å². The standard InChI is InChI=1S/C16H19FN2/c1-3-19-16(14-8-9-18-11-12(14)2)10-13-6-4-5-7-15(13)17/h4-9,11,16,19H,3,10H2,1-2H3. The molecule has 1 N–H and O–H groups in total. The molecule has 0 fully saturated rings. The van der Waals surface area contributed by atoms with Gasteiger partial charge < -0.3 is 5.32 Å². The zero-order chi connectivity index (χ0) is 13.7. The Labute approximate surface area is 113 Å². The molecule has 3 heteroatoms. The molecule has 1 aromatic heterocycles. The largest absolute Gasteiger partial charge is 0.310 e. The summed E-state index contributed by atoms with van der Waals surface area (Å²) in [5.41, 5.74) is 3.05. The lowest BCUT2D eigenvalue weighted by Crippen LogP contribution is -2.24. The van der Waals surface area contributed by atoms with Gasteiger partial charge >= 0.3 is 0 Å². The van der Waals surface area contributed by atoms with Crippen molar-refractivity contribution in [2.45, 2.75) is 26.3 Å². The lowest BCUT2D eigenvalue weighted by atomic mass is 9.96. The Kier molecular flexibility index (Phi) is 4.63. The van der Waals surface area contributed by atoms with Crippen LogP contribution >= 0.6 is 0 Å². The minimum Gasteiger partial charge on any atom is -0.310 e. The Morgan fingerprint density at radius 3 is 2.74 bits per heavy atom. The van der Waals surface area contributed by atoms with E-state index in [-0.39, 0.29) is 11.9 Å². The van der Waals surface area contributed by atoms with E-state index in [9.17, 15) is 4.39 Å². The second-order valence-electron chi connectivity index (χ2n) is 4.64. The molecule has 0 aliphatic rings. The summed E-state index contributed by atoms with van der Waals surface area (Å²) in [7, 11) is 0. The summed E-state index contributed by atoms with van der Waals surface area (Å²) in [5, 5.41) is 3.42. The van der Waals surface area contributed by atoms with Crippen molar-refractivity contribution in [3.8, 4) is 0 Å². The molecular formula is C16H19FN2. The van der Waals surface area contributed by atoms with Gasteiger partial charge in [-0.15, -0.1) is 0 Å². The normalized spacial score (nSPS) is 12.4. The molecule has 0 amide bonds. The zero-order valence-corrected chi connectivity index (χ0v) is 11.4. The number of benzene rings is 1. The number of rotatable bonds is 5. The fourth-order valence-electron chi connectivity index (χ4n) is 2.30. The first-order valence-electron chi connectivity index (χ1n) is 6.59. The highest BCUT2D eigenvalue weighted by atomic mass is 19.1. The predicted octanol–water partition coefficient (Wildman–Crippen LogP) is 3.42. The molecule has 1 atom stereocenters. The van der Waals surface area contributed by atoms with E-state index in [4.69, 9.17) is 0 Å². The number of pyridine rings is 1. The van der Waals surface area contributed by atoms with Crippen molar-refractivity contribution in [2.75, 3.05) is 6.54 Å². The Morgan fingerprint density at radius 1 is 1.26 bits per heavy atom. The topological polar surface area (TPSA) is 24.9 Å². The zero-order valence-electron chi connectivity index (χ0n) is 11.4. The third kappa shape index (κ3) is 3.38. The molecule has 0 spiro atoms. The van der Waals surface area contributed by atoms with Crippen LogP contribution in [0.2, 0.25) is 0 Å². The summed E-state index contributed by atoms with van der Waals surface area (Å²) in [4.78, 5) is 4.11. The summed E-state index contributed by atoms with van der Waals surface area (Å²) < 4.78 is 13.8. The molecule has 0 saturated heterocycles. The Balaban J connectivity index is 2.27. The summed E-state index contributed by atoms with van der Waals surface area (Å²) in [6.45, 7) is 4.94. The van der Waals surface area contributed by atoms with Gasteiger partial charge in [-0.2, -0.15) is 0 Å². The molecule has 0 bridgehead atoms. The SMILES string of the molecule is CCNC(Cc1ccccc1F)c1ccncc1C. The van der Waals surface area contributed by atoms with Crippen molar-refractivity contribution >= 4 is 0 Å². The molecule has 0 aliphatic carbocycles. The van der Waals surface area contributed by atoms with Gasteiger partial charge in [-0.25, -0.2) is 4.39 Å². The van der Waals surface area contributed by atoms with Crippen molar-refractivity contribution in [1.29, 1.82) is 0 Å². The Hall–Kier alpha value is -1.74.